The molecule has 1 fully saturated rings. The molecule has 0 atom stereocenters. The molecule has 0 unspecified atom stereocenters. The molecule has 8 nitrogen and oxygen atoms in total. The highest BCUT2D eigenvalue weighted by atomic mass is 16.2. The quantitative estimate of drug-likeness (QED) is 0.585. The molecular formula is C24H33N7O. The number of carbonyl (C=O) groups excluding carboxylic acids is 1. The number of rotatable bonds is 8. The topological polar surface area (TPSA) is 79.2 Å². The van der Waals surface area contributed by atoms with Crippen LogP contribution in [0.3, 0.4) is 0 Å². The van der Waals surface area contributed by atoms with E-state index < -0.39 is 0 Å². The predicted molar refractivity (Wildman–Crippen MR) is 127 cm³/mol. The first kappa shape index (κ1) is 22.4. The highest BCUT2D eigenvalue weighted by Gasteiger charge is 2.17. The van der Waals surface area contributed by atoms with Crippen LogP contribution < -0.4 is 5.32 Å². The summed E-state index contributed by atoms with van der Waals surface area (Å²) < 4.78 is 1.97. The molecule has 0 aromatic carbocycles. The van der Waals surface area contributed by atoms with E-state index in [9.17, 15) is 4.79 Å². The number of carbonyl (C=O) groups is 1. The number of hydrogen-bond donors (Lipinski definition) is 1. The summed E-state index contributed by atoms with van der Waals surface area (Å²) in [5.41, 5.74) is 4.15. The van der Waals surface area contributed by atoms with Crippen LogP contribution in [0.1, 0.15) is 38.8 Å². The third-order valence-corrected chi connectivity index (χ3v) is 6.29. The number of pyridine rings is 2. The summed E-state index contributed by atoms with van der Waals surface area (Å²) in [5.74, 6) is 0.495. The fourth-order valence-electron chi connectivity index (χ4n) is 4.30. The molecule has 8 heteroatoms. The van der Waals surface area contributed by atoms with E-state index in [1.807, 2.05) is 30.2 Å². The van der Waals surface area contributed by atoms with Crippen LogP contribution >= 0.6 is 0 Å². The lowest BCUT2D eigenvalue weighted by Gasteiger charge is -2.26. The Morgan fingerprint density at radius 1 is 1.06 bits per heavy atom. The molecule has 1 N–H and O–H groups in total. The second kappa shape index (κ2) is 10.2. The molecule has 1 aliphatic heterocycles. The molecule has 3 aromatic heterocycles. The number of aryl methyl sites for hydroxylation is 1. The molecule has 1 amide bonds. The van der Waals surface area contributed by atoms with Gasteiger partial charge in [0.05, 0.1) is 30.1 Å². The second-order valence-corrected chi connectivity index (χ2v) is 8.46. The predicted octanol–water partition coefficient (Wildman–Crippen LogP) is 3.30. The van der Waals surface area contributed by atoms with Gasteiger partial charge in [-0.25, -0.2) is 4.98 Å². The first-order valence-electron chi connectivity index (χ1n) is 11.6. The standard InChI is InChI=1S/C24H33N7O/c1-4-30(5-2)17-24(32)28-23-12-18-11-19(13-25-21(18)15-26-23)20-14-27-29(3)22(20)16-31-9-7-6-8-10-31/h11-15H,4-10,16-17H2,1-3H3,(H,26,28,32). The minimum atomic E-state index is -0.0549. The first-order chi connectivity index (χ1) is 15.6. The van der Waals surface area contributed by atoms with E-state index in [2.05, 4.69) is 50.1 Å². The Morgan fingerprint density at radius 2 is 1.84 bits per heavy atom. The largest absolute Gasteiger partial charge is 0.310 e. The van der Waals surface area contributed by atoms with Crippen LogP contribution in [0.2, 0.25) is 0 Å². The lowest BCUT2D eigenvalue weighted by Crippen LogP contribution is -2.33. The molecule has 170 valence electrons. The maximum absolute atomic E-state index is 12.4. The van der Waals surface area contributed by atoms with Crippen molar-refractivity contribution in [1.29, 1.82) is 0 Å². The number of fused-ring (bicyclic) bond motifs is 1. The van der Waals surface area contributed by atoms with Gasteiger partial charge in [0, 0.05) is 36.3 Å². The highest BCUT2D eigenvalue weighted by molar-refractivity contribution is 5.94. The van der Waals surface area contributed by atoms with Crippen LogP contribution in [-0.2, 0) is 18.4 Å². The van der Waals surface area contributed by atoms with Gasteiger partial charge in [-0.05, 0) is 51.2 Å². The van der Waals surface area contributed by atoms with E-state index in [-0.39, 0.29) is 5.91 Å². The summed E-state index contributed by atoms with van der Waals surface area (Å²) in [4.78, 5) is 25.9. The number of hydrogen-bond acceptors (Lipinski definition) is 6. The molecule has 0 radical (unpaired) electrons. The third kappa shape index (κ3) is 5.14. The van der Waals surface area contributed by atoms with Gasteiger partial charge < -0.3 is 5.32 Å². The second-order valence-electron chi connectivity index (χ2n) is 8.46. The molecule has 1 saturated heterocycles. The average molecular weight is 436 g/mol. The van der Waals surface area contributed by atoms with E-state index in [0.29, 0.717) is 12.4 Å². The van der Waals surface area contributed by atoms with Crippen molar-refractivity contribution >= 4 is 22.6 Å². The van der Waals surface area contributed by atoms with E-state index in [1.165, 1.54) is 25.0 Å². The minimum Gasteiger partial charge on any atom is -0.310 e. The van der Waals surface area contributed by atoms with Gasteiger partial charge in [-0.2, -0.15) is 5.10 Å². The zero-order valence-corrected chi connectivity index (χ0v) is 19.3. The zero-order valence-electron chi connectivity index (χ0n) is 19.3. The number of nitrogens with zero attached hydrogens (tertiary/aromatic N) is 6. The van der Waals surface area contributed by atoms with Crippen molar-refractivity contribution in [3.05, 3.63) is 36.4 Å². The lowest BCUT2D eigenvalue weighted by molar-refractivity contribution is -0.117. The maximum Gasteiger partial charge on any atom is 0.239 e. The van der Waals surface area contributed by atoms with Gasteiger partial charge in [-0.3, -0.25) is 24.3 Å². The van der Waals surface area contributed by atoms with Crippen LogP contribution in [0.5, 0.6) is 0 Å². The van der Waals surface area contributed by atoms with E-state index in [4.69, 9.17) is 0 Å². The van der Waals surface area contributed by atoms with Gasteiger partial charge in [0.25, 0.3) is 0 Å². The molecule has 4 rings (SSSR count). The number of aromatic nitrogens is 4. The molecule has 0 spiro atoms. The Bertz CT molecular complexity index is 1070. The van der Waals surface area contributed by atoms with Crippen molar-refractivity contribution in [2.45, 2.75) is 39.7 Å². The van der Waals surface area contributed by atoms with E-state index in [0.717, 1.165) is 54.8 Å². The normalized spacial score (nSPS) is 14.9. The molecule has 0 saturated carbocycles. The van der Waals surface area contributed by atoms with Crippen LogP contribution in [0.25, 0.3) is 22.0 Å². The SMILES string of the molecule is CCN(CC)CC(=O)Nc1cc2cc(-c3cnn(C)c3CN3CCCCC3)cnc2cn1. The van der Waals surface area contributed by atoms with Crippen LogP contribution in [0, 0.1) is 0 Å². The molecule has 0 bridgehead atoms. The number of likely N-dealkylation sites (tertiary alicyclic amines) is 1. The maximum atomic E-state index is 12.4. The molecule has 3 aromatic rings. The fourth-order valence-corrected chi connectivity index (χ4v) is 4.30. The summed E-state index contributed by atoms with van der Waals surface area (Å²) in [7, 11) is 2.00. The van der Waals surface area contributed by atoms with Gasteiger partial charge in [0.1, 0.15) is 5.82 Å². The Kier molecular flexibility index (Phi) is 7.12. The van der Waals surface area contributed by atoms with Crippen molar-refractivity contribution < 1.29 is 4.79 Å². The third-order valence-electron chi connectivity index (χ3n) is 6.29. The smallest absolute Gasteiger partial charge is 0.239 e. The molecule has 32 heavy (non-hydrogen) atoms. The summed E-state index contributed by atoms with van der Waals surface area (Å²) in [6.45, 7) is 9.33. The number of nitrogens with one attached hydrogen (secondary N) is 1. The lowest BCUT2D eigenvalue weighted by atomic mass is 10.1. The molecule has 0 aliphatic carbocycles. The zero-order chi connectivity index (χ0) is 22.5. The Hall–Kier alpha value is -2.84. The fraction of sp³-hybridized carbons (Fsp3) is 0.500. The first-order valence-corrected chi connectivity index (χ1v) is 11.6. The van der Waals surface area contributed by atoms with Gasteiger partial charge >= 0.3 is 0 Å². The summed E-state index contributed by atoms with van der Waals surface area (Å²) in [6, 6.07) is 4.01. The summed E-state index contributed by atoms with van der Waals surface area (Å²) >= 11 is 0. The summed E-state index contributed by atoms with van der Waals surface area (Å²) in [6.07, 6.45) is 9.38. The number of piperidine rings is 1. The highest BCUT2D eigenvalue weighted by Crippen LogP contribution is 2.28. The number of amides is 1. The van der Waals surface area contributed by atoms with Crippen LogP contribution in [-0.4, -0.2) is 68.2 Å². The van der Waals surface area contributed by atoms with Crippen molar-refractivity contribution in [3.63, 3.8) is 0 Å². The van der Waals surface area contributed by atoms with Gasteiger partial charge in [-0.15, -0.1) is 0 Å². The minimum absolute atomic E-state index is 0.0549. The van der Waals surface area contributed by atoms with Gasteiger partial charge in [-0.1, -0.05) is 20.3 Å². The Balaban J connectivity index is 1.56. The summed E-state index contributed by atoms with van der Waals surface area (Å²) in [5, 5.41) is 8.39. The Labute approximate surface area is 189 Å². The van der Waals surface area contributed by atoms with Crippen molar-refractivity contribution in [2.75, 3.05) is 38.0 Å². The molecule has 1 aliphatic rings. The van der Waals surface area contributed by atoms with Crippen molar-refractivity contribution in [2.24, 2.45) is 7.05 Å². The van der Waals surface area contributed by atoms with Crippen molar-refractivity contribution in [3.8, 4) is 11.1 Å². The Morgan fingerprint density at radius 3 is 2.59 bits per heavy atom. The van der Waals surface area contributed by atoms with Crippen LogP contribution in [0.4, 0.5) is 5.82 Å². The van der Waals surface area contributed by atoms with Crippen LogP contribution in [0.15, 0.2) is 30.7 Å². The average Bonchev–Trinajstić information content (AvgIpc) is 3.17. The number of likely N-dealkylation sites (N-methyl/N-ethyl adjacent to an activating group) is 1. The van der Waals surface area contributed by atoms with Gasteiger partial charge in [0.2, 0.25) is 5.91 Å². The monoisotopic (exact) mass is 435 g/mol. The van der Waals surface area contributed by atoms with E-state index >= 15 is 0 Å². The number of anilines is 1. The molecular weight excluding hydrogens is 402 g/mol. The van der Waals surface area contributed by atoms with Crippen molar-refractivity contribution in [1.82, 2.24) is 29.5 Å². The van der Waals surface area contributed by atoms with Gasteiger partial charge in [0.15, 0.2) is 0 Å². The van der Waals surface area contributed by atoms with E-state index in [1.54, 1.807) is 6.20 Å². The molecule has 4 heterocycles.